The first-order chi connectivity index (χ1) is 17.2. The van der Waals surface area contributed by atoms with Crippen molar-refractivity contribution in [3.63, 3.8) is 0 Å². The number of carbonyl (C=O) groups excluding carboxylic acids is 1. The van der Waals surface area contributed by atoms with Gasteiger partial charge in [0.2, 0.25) is 0 Å². The first-order valence-electron chi connectivity index (χ1n) is 12.0. The molecule has 1 heterocycles. The van der Waals surface area contributed by atoms with Crippen molar-refractivity contribution in [1.82, 2.24) is 4.57 Å². The van der Waals surface area contributed by atoms with Crippen molar-refractivity contribution in [3.8, 4) is 0 Å². The average Bonchev–Trinajstić information content (AvgIpc) is 3.14. The van der Waals surface area contributed by atoms with Gasteiger partial charge in [0.1, 0.15) is 0 Å². The molecule has 0 spiro atoms. The van der Waals surface area contributed by atoms with E-state index in [-0.39, 0.29) is 12.4 Å². The molecular weight excluding hydrogens is 450 g/mol. The fourth-order valence-corrected chi connectivity index (χ4v) is 4.19. The minimum atomic E-state index is -1.22. The molecule has 1 N–H and O–H groups in total. The third-order valence-corrected chi connectivity index (χ3v) is 6.46. The molecule has 0 fully saturated rings. The fraction of sp³-hybridized carbons (Fsp3) is 0.226. The molecule has 5 nitrogen and oxygen atoms in total. The molecule has 0 saturated carbocycles. The number of aromatic nitrogens is 1. The lowest BCUT2D eigenvalue weighted by Crippen LogP contribution is -2.34. The SMILES string of the molecule is Cc1ccc(C(=O)c2c(C)n(Cc3ccc(C=CCOC(C)(C)C(=O)O)cc3)c3ccccc23)cc1. The summed E-state index contributed by atoms with van der Waals surface area (Å²) < 4.78 is 7.61. The summed E-state index contributed by atoms with van der Waals surface area (Å²) >= 11 is 0. The molecule has 0 unspecified atom stereocenters. The molecule has 0 aliphatic carbocycles. The van der Waals surface area contributed by atoms with Crippen molar-refractivity contribution in [2.75, 3.05) is 6.61 Å². The number of hydrogen-bond donors (Lipinski definition) is 1. The smallest absolute Gasteiger partial charge is 0.335 e. The van der Waals surface area contributed by atoms with E-state index in [1.165, 1.54) is 13.8 Å². The van der Waals surface area contributed by atoms with E-state index in [0.29, 0.717) is 12.1 Å². The third kappa shape index (κ3) is 5.31. The number of fused-ring (bicyclic) bond motifs is 1. The minimum Gasteiger partial charge on any atom is -0.479 e. The second-order valence-corrected chi connectivity index (χ2v) is 9.53. The minimum absolute atomic E-state index is 0.0382. The highest BCUT2D eigenvalue weighted by Crippen LogP contribution is 2.29. The van der Waals surface area contributed by atoms with Crippen LogP contribution in [0.25, 0.3) is 17.0 Å². The molecule has 0 atom stereocenters. The van der Waals surface area contributed by atoms with Crippen LogP contribution in [-0.2, 0) is 16.1 Å². The van der Waals surface area contributed by atoms with Gasteiger partial charge in [-0.25, -0.2) is 4.79 Å². The van der Waals surface area contributed by atoms with Gasteiger partial charge in [-0.3, -0.25) is 4.79 Å². The number of carbonyl (C=O) groups is 2. The maximum absolute atomic E-state index is 13.5. The van der Waals surface area contributed by atoms with E-state index >= 15 is 0 Å². The number of benzene rings is 3. The summed E-state index contributed by atoms with van der Waals surface area (Å²) in [7, 11) is 0. The Kier molecular flexibility index (Phi) is 7.22. The van der Waals surface area contributed by atoms with Gasteiger partial charge in [0, 0.05) is 28.7 Å². The maximum Gasteiger partial charge on any atom is 0.335 e. The fourth-order valence-electron chi connectivity index (χ4n) is 4.19. The standard InChI is InChI=1S/C31H31NO4/c1-21-11-17-25(18-12-21)29(33)28-22(2)32(27-10-6-5-9-26(27)28)20-24-15-13-23(14-16-24)8-7-19-36-31(3,4)30(34)35/h5-18H,19-20H2,1-4H3,(H,34,35). The van der Waals surface area contributed by atoms with Gasteiger partial charge in [-0.05, 0) is 44.9 Å². The van der Waals surface area contributed by atoms with Crippen LogP contribution in [0.2, 0.25) is 0 Å². The zero-order chi connectivity index (χ0) is 25.9. The number of para-hydroxylation sites is 1. The maximum atomic E-state index is 13.5. The second-order valence-electron chi connectivity index (χ2n) is 9.53. The third-order valence-electron chi connectivity index (χ3n) is 6.46. The van der Waals surface area contributed by atoms with Crippen LogP contribution < -0.4 is 0 Å². The summed E-state index contributed by atoms with van der Waals surface area (Å²) in [4.78, 5) is 24.6. The predicted octanol–water partition coefficient (Wildman–Crippen LogP) is 6.43. The van der Waals surface area contributed by atoms with Gasteiger partial charge in [0.15, 0.2) is 11.4 Å². The van der Waals surface area contributed by atoms with Crippen molar-refractivity contribution in [1.29, 1.82) is 0 Å². The number of hydrogen-bond acceptors (Lipinski definition) is 3. The number of nitrogens with zero attached hydrogens (tertiary/aromatic N) is 1. The Bertz CT molecular complexity index is 1420. The molecule has 36 heavy (non-hydrogen) atoms. The normalized spacial score (nSPS) is 11.9. The number of ketones is 1. The Labute approximate surface area is 211 Å². The molecule has 0 saturated heterocycles. The van der Waals surface area contributed by atoms with Crippen LogP contribution in [0, 0.1) is 13.8 Å². The van der Waals surface area contributed by atoms with Crippen LogP contribution in [0.5, 0.6) is 0 Å². The van der Waals surface area contributed by atoms with Crippen LogP contribution in [-0.4, -0.2) is 33.6 Å². The van der Waals surface area contributed by atoms with Crippen molar-refractivity contribution in [2.24, 2.45) is 0 Å². The molecule has 0 amide bonds. The highest BCUT2D eigenvalue weighted by Gasteiger charge is 2.27. The summed E-state index contributed by atoms with van der Waals surface area (Å²) in [6.45, 7) is 7.95. The van der Waals surface area contributed by atoms with E-state index < -0.39 is 11.6 Å². The van der Waals surface area contributed by atoms with E-state index in [1.54, 1.807) is 0 Å². The summed E-state index contributed by atoms with van der Waals surface area (Å²) in [6, 6.07) is 23.9. The Morgan fingerprint density at radius 2 is 1.61 bits per heavy atom. The molecule has 0 aliphatic rings. The van der Waals surface area contributed by atoms with Crippen LogP contribution in [0.4, 0.5) is 0 Å². The van der Waals surface area contributed by atoms with Crippen LogP contribution in [0.15, 0.2) is 78.9 Å². The summed E-state index contributed by atoms with van der Waals surface area (Å²) in [5.41, 5.74) is 5.45. The van der Waals surface area contributed by atoms with Crippen LogP contribution in [0.3, 0.4) is 0 Å². The molecule has 4 rings (SSSR count). The summed E-state index contributed by atoms with van der Waals surface area (Å²) in [5.74, 6) is -0.951. The molecule has 0 aliphatic heterocycles. The molecule has 0 bridgehead atoms. The average molecular weight is 482 g/mol. The zero-order valence-electron chi connectivity index (χ0n) is 21.1. The number of rotatable bonds is 9. The second kappa shape index (κ2) is 10.3. The van der Waals surface area contributed by atoms with Gasteiger partial charge in [0.25, 0.3) is 0 Å². The van der Waals surface area contributed by atoms with Crippen LogP contribution >= 0.6 is 0 Å². The van der Waals surface area contributed by atoms with Crippen molar-refractivity contribution < 1.29 is 19.4 Å². The van der Waals surface area contributed by atoms with Gasteiger partial charge in [-0.1, -0.05) is 84.4 Å². The first-order valence-corrected chi connectivity index (χ1v) is 12.0. The lowest BCUT2D eigenvalue weighted by molar-refractivity contribution is -0.159. The van der Waals surface area contributed by atoms with Crippen molar-refractivity contribution in [3.05, 3.63) is 112 Å². The number of ether oxygens (including phenoxy) is 1. The first kappa shape index (κ1) is 25.1. The quantitative estimate of drug-likeness (QED) is 0.280. The largest absolute Gasteiger partial charge is 0.479 e. The predicted molar refractivity (Wildman–Crippen MR) is 144 cm³/mol. The highest BCUT2D eigenvalue weighted by molar-refractivity contribution is 6.17. The number of aliphatic carboxylic acids is 1. The Morgan fingerprint density at radius 1 is 0.944 bits per heavy atom. The monoisotopic (exact) mass is 481 g/mol. The Balaban J connectivity index is 1.55. The van der Waals surface area contributed by atoms with Gasteiger partial charge >= 0.3 is 5.97 Å². The van der Waals surface area contributed by atoms with E-state index in [2.05, 4.69) is 22.8 Å². The molecule has 184 valence electrons. The van der Waals surface area contributed by atoms with E-state index in [4.69, 9.17) is 9.84 Å². The van der Waals surface area contributed by atoms with E-state index in [1.807, 2.05) is 80.6 Å². The molecule has 5 heteroatoms. The number of carboxylic acid groups (broad SMARTS) is 1. The van der Waals surface area contributed by atoms with Gasteiger partial charge in [0.05, 0.1) is 12.2 Å². The lowest BCUT2D eigenvalue weighted by Gasteiger charge is -2.18. The zero-order valence-corrected chi connectivity index (χ0v) is 21.1. The van der Waals surface area contributed by atoms with Gasteiger partial charge in [-0.2, -0.15) is 0 Å². The van der Waals surface area contributed by atoms with Gasteiger partial charge < -0.3 is 14.4 Å². The summed E-state index contributed by atoms with van der Waals surface area (Å²) in [5, 5.41) is 10.1. The highest BCUT2D eigenvalue weighted by atomic mass is 16.5. The Hall–Kier alpha value is -3.96. The number of aryl methyl sites for hydroxylation is 1. The van der Waals surface area contributed by atoms with E-state index in [0.717, 1.165) is 38.9 Å². The van der Waals surface area contributed by atoms with Crippen molar-refractivity contribution in [2.45, 2.75) is 39.8 Å². The topological polar surface area (TPSA) is 68.5 Å². The van der Waals surface area contributed by atoms with Gasteiger partial charge in [-0.15, -0.1) is 0 Å². The molecule has 1 aromatic heterocycles. The Morgan fingerprint density at radius 3 is 2.28 bits per heavy atom. The summed E-state index contributed by atoms with van der Waals surface area (Å²) in [6.07, 6.45) is 3.72. The number of carboxylic acids is 1. The molecule has 4 aromatic rings. The van der Waals surface area contributed by atoms with E-state index in [9.17, 15) is 9.59 Å². The van der Waals surface area contributed by atoms with Crippen molar-refractivity contribution >= 4 is 28.7 Å². The molecular formula is C31H31NO4. The molecule has 0 radical (unpaired) electrons. The lowest BCUT2D eigenvalue weighted by atomic mass is 10.00. The molecule has 3 aromatic carbocycles. The van der Waals surface area contributed by atoms with Crippen LogP contribution in [0.1, 0.15) is 52.2 Å².